The van der Waals surface area contributed by atoms with Crippen molar-refractivity contribution in [2.75, 3.05) is 13.1 Å². The molecule has 3 heterocycles. The number of piperidine rings is 1. The van der Waals surface area contributed by atoms with Gasteiger partial charge in [-0.3, -0.25) is 9.80 Å². The third kappa shape index (κ3) is 3.12. The first-order valence-electron chi connectivity index (χ1n) is 8.11. The van der Waals surface area contributed by atoms with Gasteiger partial charge in [0.25, 0.3) is 0 Å². The lowest BCUT2D eigenvalue weighted by atomic mass is 9.87. The zero-order valence-electron chi connectivity index (χ0n) is 14.0. The average Bonchev–Trinajstić information content (AvgIpc) is 2.39. The summed E-state index contributed by atoms with van der Waals surface area (Å²) in [6.45, 7) is 10.8. The number of hydrogen-bond acceptors (Lipinski definition) is 3. The van der Waals surface area contributed by atoms with Crippen LogP contribution in [-0.2, 0) is 11.3 Å². The largest absolute Gasteiger partial charge is 0.444 e. The average molecular weight is 302 g/mol. The van der Waals surface area contributed by atoms with Crippen LogP contribution < -0.4 is 0 Å². The number of amides is 1. The zero-order valence-corrected chi connectivity index (χ0v) is 14.0. The molecule has 0 spiro atoms. The molecule has 120 valence electrons. The molecule has 1 amide bonds. The second-order valence-electron chi connectivity index (χ2n) is 7.55. The minimum absolute atomic E-state index is 0.149. The van der Waals surface area contributed by atoms with E-state index in [9.17, 15) is 4.79 Å². The first-order chi connectivity index (χ1) is 10.3. The van der Waals surface area contributed by atoms with Gasteiger partial charge in [-0.15, -0.1) is 0 Å². The van der Waals surface area contributed by atoms with E-state index in [2.05, 4.69) is 36.1 Å². The Hall–Kier alpha value is -1.55. The van der Waals surface area contributed by atoms with Gasteiger partial charge in [-0.2, -0.15) is 0 Å². The summed E-state index contributed by atoms with van der Waals surface area (Å²) < 4.78 is 5.52. The van der Waals surface area contributed by atoms with Crippen molar-refractivity contribution >= 4 is 6.09 Å². The Kier molecular flexibility index (Phi) is 3.89. The molecule has 0 saturated carbocycles. The molecule has 4 rings (SSSR count). The van der Waals surface area contributed by atoms with Gasteiger partial charge in [-0.1, -0.05) is 24.3 Å². The molecular weight excluding hydrogens is 276 g/mol. The molecule has 2 bridgehead atoms. The number of piperazine rings is 1. The van der Waals surface area contributed by atoms with E-state index in [0.717, 1.165) is 26.1 Å². The van der Waals surface area contributed by atoms with Crippen molar-refractivity contribution in [2.45, 2.75) is 58.3 Å². The molecule has 0 N–H and O–H groups in total. The predicted molar refractivity (Wildman–Crippen MR) is 86.7 cm³/mol. The summed E-state index contributed by atoms with van der Waals surface area (Å²) in [6.07, 6.45) is 0.966. The number of fused-ring (bicyclic) bond motifs is 2. The van der Waals surface area contributed by atoms with Crippen molar-refractivity contribution in [3.8, 4) is 0 Å². The number of aryl methyl sites for hydroxylation is 1. The Bertz CT molecular complexity index is 552. The zero-order chi connectivity index (χ0) is 15.9. The van der Waals surface area contributed by atoms with Crippen LogP contribution in [0.3, 0.4) is 0 Å². The number of ether oxygens (including phenoxy) is 1. The lowest BCUT2D eigenvalue weighted by Gasteiger charge is -2.55. The minimum Gasteiger partial charge on any atom is -0.444 e. The summed E-state index contributed by atoms with van der Waals surface area (Å²) in [5.41, 5.74) is 2.31. The van der Waals surface area contributed by atoms with E-state index in [0.29, 0.717) is 12.1 Å². The van der Waals surface area contributed by atoms with Gasteiger partial charge in [0.15, 0.2) is 0 Å². The van der Waals surface area contributed by atoms with Gasteiger partial charge < -0.3 is 4.74 Å². The lowest BCUT2D eigenvalue weighted by molar-refractivity contribution is -0.0782. The number of hydrogen-bond donors (Lipinski definition) is 0. The quantitative estimate of drug-likeness (QED) is 0.841. The summed E-state index contributed by atoms with van der Waals surface area (Å²) in [5.74, 6) is 0. The van der Waals surface area contributed by atoms with Crippen LogP contribution in [0.25, 0.3) is 0 Å². The van der Waals surface area contributed by atoms with Gasteiger partial charge in [-0.25, -0.2) is 4.79 Å². The number of benzene rings is 1. The van der Waals surface area contributed by atoms with E-state index >= 15 is 0 Å². The summed E-state index contributed by atoms with van der Waals surface area (Å²) in [6, 6.07) is 9.17. The van der Waals surface area contributed by atoms with Crippen LogP contribution in [0.5, 0.6) is 0 Å². The van der Waals surface area contributed by atoms with Crippen molar-refractivity contribution in [1.82, 2.24) is 9.80 Å². The van der Waals surface area contributed by atoms with Crippen LogP contribution in [0.1, 0.15) is 38.3 Å². The van der Waals surface area contributed by atoms with Crippen molar-refractivity contribution in [3.63, 3.8) is 0 Å². The molecule has 4 heteroatoms. The van der Waals surface area contributed by atoms with Crippen molar-refractivity contribution in [3.05, 3.63) is 35.4 Å². The van der Waals surface area contributed by atoms with E-state index in [1.54, 1.807) is 0 Å². The second-order valence-corrected chi connectivity index (χ2v) is 7.55. The second kappa shape index (κ2) is 5.58. The molecule has 2 atom stereocenters. The first kappa shape index (κ1) is 15.3. The highest BCUT2D eigenvalue weighted by molar-refractivity contribution is 5.70. The first-order valence-corrected chi connectivity index (χ1v) is 8.11. The minimum atomic E-state index is -0.415. The van der Waals surface area contributed by atoms with Gasteiger partial charge in [0.2, 0.25) is 0 Å². The van der Waals surface area contributed by atoms with Crippen LogP contribution in [0, 0.1) is 6.92 Å². The van der Waals surface area contributed by atoms with Gasteiger partial charge >= 0.3 is 6.09 Å². The lowest BCUT2D eigenvalue weighted by Crippen LogP contribution is -2.70. The Morgan fingerprint density at radius 3 is 2.45 bits per heavy atom. The maximum atomic E-state index is 12.3. The standard InChI is InChI=1S/C18H26N2O2/c1-13-7-5-6-8-14(13)10-19-11-15-9-16(12-19)20(15)17(21)22-18(2,3)4/h5-8,15-16H,9-12H2,1-4H3. The van der Waals surface area contributed by atoms with E-state index in [4.69, 9.17) is 4.74 Å². The topological polar surface area (TPSA) is 32.8 Å². The molecular formula is C18H26N2O2. The molecule has 3 saturated heterocycles. The SMILES string of the molecule is Cc1ccccc1CN1CC2CC(C1)N2C(=O)OC(C)(C)C. The molecule has 22 heavy (non-hydrogen) atoms. The molecule has 1 aromatic carbocycles. The van der Waals surface area contributed by atoms with E-state index in [-0.39, 0.29) is 6.09 Å². The fraction of sp³-hybridized carbons (Fsp3) is 0.611. The maximum absolute atomic E-state index is 12.3. The van der Waals surface area contributed by atoms with Gasteiger partial charge in [0.05, 0.1) is 12.1 Å². The van der Waals surface area contributed by atoms with Crippen molar-refractivity contribution < 1.29 is 9.53 Å². The fourth-order valence-electron chi connectivity index (χ4n) is 3.47. The highest BCUT2D eigenvalue weighted by atomic mass is 16.6. The maximum Gasteiger partial charge on any atom is 0.410 e. The molecule has 0 radical (unpaired) electrons. The van der Waals surface area contributed by atoms with Gasteiger partial charge in [0.1, 0.15) is 5.60 Å². The molecule has 0 aromatic heterocycles. The summed E-state index contributed by atoms with van der Waals surface area (Å²) in [7, 11) is 0. The Morgan fingerprint density at radius 1 is 1.23 bits per heavy atom. The number of carbonyl (C=O) groups excluding carboxylic acids is 1. The van der Waals surface area contributed by atoms with Gasteiger partial charge in [0, 0.05) is 19.6 Å². The monoisotopic (exact) mass is 302 g/mol. The van der Waals surface area contributed by atoms with Crippen LogP contribution in [0.2, 0.25) is 0 Å². The fourth-order valence-corrected chi connectivity index (χ4v) is 3.47. The number of carbonyl (C=O) groups is 1. The smallest absolute Gasteiger partial charge is 0.410 e. The molecule has 2 unspecified atom stereocenters. The number of nitrogens with zero attached hydrogens (tertiary/aromatic N) is 2. The van der Waals surface area contributed by atoms with Crippen LogP contribution in [-0.4, -0.2) is 46.7 Å². The molecule has 3 aliphatic rings. The highest BCUT2D eigenvalue weighted by Crippen LogP contribution is 2.34. The normalized spacial score (nSPS) is 24.8. The summed E-state index contributed by atoms with van der Waals surface area (Å²) in [5, 5.41) is 0. The van der Waals surface area contributed by atoms with Crippen molar-refractivity contribution in [2.24, 2.45) is 0 Å². The Balaban J connectivity index is 1.59. The van der Waals surface area contributed by atoms with Gasteiger partial charge in [-0.05, 0) is 45.2 Å². The number of rotatable bonds is 2. The molecule has 4 nitrogen and oxygen atoms in total. The van der Waals surface area contributed by atoms with E-state index in [1.807, 2.05) is 25.7 Å². The summed E-state index contributed by atoms with van der Waals surface area (Å²) in [4.78, 5) is 16.7. The predicted octanol–water partition coefficient (Wildman–Crippen LogP) is 3.19. The third-order valence-corrected chi connectivity index (χ3v) is 4.53. The molecule has 3 aliphatic heterocycles. The highest BCUT2D eigenvalue weighted by Gasteiger charge is 2.48. The van der Waals surface area contributed by atoms with E-state index < -0.39 is 5.60 Å². The third-order valence-electron chi connectivity index (χ3n) is 4.53. The molecule has 0 aliphatic carbocycles. The van der Waals surface area contributed by atoms with Crippen LogP contribution in [0.4, 0.5) is 4.79 Å². The van der Waals surface area contributed by atoms with Crippen LogP contribution in [0.15, 0.2) is 24.3 Å². The van der Waals surface area contributed by atoms with Crippen LogP contribution >= 0.6 is 0 Å². The molecule has 3 fully saturated rings. The van der Waals surface area contributed by atoms with E-state index in [1.165, 1.54) is 11.1 Å². The Labute approximate surface area is 133 Å². The van der Waals surface area contributed by atoms with Crippen molar-refractivity contribution in [1.29, 1.82) is 0 Å². The Morgan fingerprint density at radius 2 is 1.86 bits per heavy atom. The molecule has 1 aromatic rings. The summed E-state index contributed by atoms with van der Waals surface area (Å²) >= 11 is 0.